The molecule has 1 aromatic heterocycles. The van der Waals surface area contributed by atoms with E-state index in [0.29, 0.717) is 32.1 Å². The van der Waals surface area contributed by atoms with Gasteiger partial charge in [0.25, 0.3) is 10.0 Å². The SMILES string of the molecule is Cc1ncc(S(=O)(=O)NC(C)C(=O)N2CCOCC2)[nH]1. The molecule has 8 nitrogen and oxygen atoms in total. The molecule has 1 fully saturated rings. The number of morpholine rings is 1. The number of hydrogen-bond acceptors (Lipinski definition) is 5. The lowest BCUT2D eigenvalue weighted by molar-refractivity contribution is -0.136. The average Bonchev–Trinajstić information content (AvgIpc) is 2.86. The van der Waals surface area contributed by atoms with E-state index in [1.165, 1.54) is 13.1 Å². The Bertz CT molecular complexity index is 577. The number of carbonyl (C=O) groups excluding carboxylic acids is 1. The standard InChI is InChI=1S/C11H18N4O4S/c1-8(11(16)15-3-5-19-6-4-15)14-20(17,18)10-7-12-9(2)13-10/h7-8,14H,3-6H2,1-2H3,(H,12,13). The van der Waals surface area contributed by atoms with E-state index in [4.69, 9.17) is 4.74 Å². The number of nitrogens with zero attached hydrogens (tertiary/aromatic N) is 2. The largest absolute Gasteiger partial charge is 0.378 e. The van der Waals surface area contributed by atoms with Gasteiger partial charge < -0.3 is 14.6 Å². The summed E-state index contributed by atoms with van der Waals surface area (Å²) in [4.78, 5) is 20.2. The number of aromatic amines is 1. The number of imidazole rings is 1. The van der Waals surface area contributed by atoms with Gasteiger partial charge in [0.2, 0.25) is 5.91 Å². The van der Waals surface area contributed by atoms with Crippen LogP contribution in [0.1, 0.15) is 12.7 Å². The summed E-state index contributed by atoms with van der Waals surface area (Å²) in [5, 5.41) is -0.0448. The number of rotatable bonds is 4. The second-order valence-corrected chi connectivity index (χ2v) is 6.30. The molecule has 1 unspecified atom stereocenters. The van der Waals surface area contributed by atoms with Crippen molar-refractivity contribution in [2.24, 2.45) is 0 Å². The van der Waals surface area contributed by atoms with E-state index in [1.54, 1.807) is 11.8 Å². The topological polar surface area (TPSA) is 104 Å². The van der Waals surface area contributed by atoms with E-state index < -0.39 is 16.1 Å². The number of aromatic nitrogens is 2. The van der Waals surface area contributed by atoms with Crippen LogP contribution in [-0.4, -0.2) is 61.5 Å². The van der Waals surface area contributed by atoms with Crippen LogP contribution in [0.3, 0.4) is 0 Å². The molecule has 0 bridgehead atoms. The van der Waals surface area contributed by atoms with Crippen molar-refractivity contribution >= 4 is 15.9 Å². The van der Waals surface area contributed by atoms with E-state index in [1.807, 2.05) is 0 Å². The molecule has 2 heterocycles. The van der Waals surface area contributed by atoms with Gasteiger partial charge in [-0.3, -0.25) is 4.79 Å². The quantitative estimate of drug-likeness (QED) is 0.761. The van der Waals surface area contributed by atoms with Crippen molar-refractivity contribution in [3.8, 4) is 0 Å². The Kier molecular flexibility index (Phi) is 4.41. The zero-order valence-electron chi connectivity index (χ0n) is 11.4. The maximum Gasteiger partial charge on any atom is 0.258 e. The van der Waals surface area contributed by atoms with Crippen LogP contribution in [0.2, 0.25) is 0 Å². The fraction of sp³-hybridized carbons (Fsp3) is 0.636. The summed E-state index contributed by atoms with van der Waals surface area (Å²) in [6.45, 7) is 5.10. The summed E-state index contributed by atoms with van der Waals surface area (Å²) < 4.78 is 31.6. The number of ether oxygens (including phenoxy) is 1. The second kappa shape index (κ2) is 5.90. The number of nitrogens with one attached hydrogen (secondary N) is 2. The average molecular weight is 302 g/mol. The Labute approximate surface area is 117 Å². The molecule has 1 atom stereocenters. The Morgan fingerprint density at radius 3 is 2.70 bits per heavy atom. The van der Waals surface area contributed by atoms with Crippen LogP contribution in [0, 0.1) is 6.92 Å². The van der Waals surface area contributed by atoms with Crippen molar-refractivity contribution in [1.29, 1.82) is 0 Å². The minimum Gasteiger partial charge on any atom is -0.378 e. The first-order valence-corrected chi connectivity index (χ1v) is 7.79. The Morgan fingerprint density at radius 1 is 1.50 bits per heavy atom. The van der Waals surface area contributed by atoms with E-state index in [0.717, 1.165) is 0 Å². The number of aryl methyl sites for hydroxylation is 1. The number of hydrogen-bond donors (Lipinski definition) is 2. The predicted octanol–water partition coefficient (Wildman–Crippen LogP) is -0.756. The Morgan fingerprint density at radius 2 is 2.15 bits per heavy atom. The zero-order valence-corrected chi connectivity index (χ0v) is 12.2. The fourth-order valence-corrected chi connectivity index (χ4v) is 3.11. The predicted molar refractivity (Wildman–Crippen MR) is 70.5 cm³/mol. The van der Waals surface area contributed by atoms with Crippen LogP contribution >= 0.6 is 0 Å². The highest BCUT2D eigenvalue weighted by molar-refractivity contribution is 7.89. The molecule has 20 heavy (non-hydrogen) atoms. The zero-order chi connectivity index (χ0) is 14.8. The van der Waals surface area contributed by atoms with Crippen LogP contribution in [0.25, 0.3) is 0 Å². The van der Waals surface area contributed by atoms with Crippen LogP contribution in [0.5, 0.6) is 0 Å². The first kappa shape index (κ1) is 14.9. The van der Waals surface area contributed by atoms with Gasteiger partial charge in [0.15, 0.2) is 5.03 Å². The van der Waals surface area contributed by atoms with E-state index in [-0.39, 0.29) is 10.9 Å². The van der Waals surface area contributed by atoms with Crippen molar-refractivity contribution in [2.45, 2.75) is 24.9 Å². The van der Waals surface area contributed by atoms with Crippen molar-refractivity contribution in [2.75, 3.05) is 26.3 Å². The van der Waals surface area contributed by atoms with Gasteiger partial charge in [-0.15, -0.1) is 0 Å². The lowest BCUT2D eigenvalue weighted by Gasteiger charge is -2.29. The Balaban J connectivity index is 2.03. The highest BCUT2D eigenvalue weighted by Crippen LogP contribution is 2.07. The maximum absolute atomic E-state index is 12.1. The molecule has 2 N–H and O–H groups in total. The molecule has 0 spiro atoms. The molecule has 1 saturated heterocycles. The van der Waals surface area contributed by atoms with Crippen molar-refractivity contribution in [1.82, 2.24) is 19.6 Å². The van der Waals surface area contributed by atoms with E-state index in [2.05, 4.69) is 14.7 Å². The van der Waals surface area contributed by atoms with Gasteiger partial charge in [0.1, 0.15) is 5.82 Å². The molecule has 0 aromatic carbocycles. The molecular weight excluding hydrogens is 284 g/mol. The third kappa shape index (κ3) is 3.35. The van der Waals surface area contributed by atoms with Crippen molar-refractivity contribution < 1.29 is 17.9 Å². The van der Waals surface area contributed by atoms with Crippen molar-refractivity contribution in [3.05, 3.63) is 12.0 Å². The first-order chi connectivity index (χ1) is 9.40. The molecule has 0 radical (unpaired) electrons. The van der Waals surface area contributed by atoms with Crippen LogP contribution in [0.15, 0.2) is 11.2 Å². The van der Waals surface area contributed by atoms with Crippen LogP contribution in [-0.2, 0) is 19.6 Å². The van der Waals surface area contributed by atoms with Crippen LogP contribution < -0.4 is 4.72 Å². The number of carbonyl (C=O) groups is 1. The van der Waals surface area contributed by atoms with Gasteiger partial charge in [-0.2, -0.15) is 4.72 Å². The third-order valence-electron chi connectivity index (χ3n) is 2.99. The number of amides is 1. The minimum atomic E-state index is -3.77. The van der Waals surface area contributed by atoms with Gasteiger partial charge in [0, 0.05) is 13.1 Å². The molecule has 0 aliphatic carbocycles. The molecule has 1 amide bonds. The molecular formula is C11H18N4O4S. The maximum atomic E-state index is 12.1. The summed E-state index contributed by atoms with van der Waals surface area (Å²) in [5.74, 6) is 0.241. The van der Waals surface area contributed by atoms with Gasteiger partial charge in [0.05, 0.1) is 25.5 Å². The molecule has 9 heteroatoms. The summed E-state index contributed by atoms with van der Waals surface area (Å²) in [5.41, 5.74) is 0. The lowest BCUT2D eigenvalue weighted by Crippen LogP contribution is -2.50. The van der Waals surface area contributed by atoms with Gasteiger partial charge >= 0.3 is 0 Å². The smallest absolute Gasteiger partial charge is 0.258 e. The Hall–Kier alpha value is -1.45. The second-order valence-electron chi connectivity index (χ2n) is 4.61. The van der Waals surface area contributed by atoms with Gasteiger partial charge in [-0.1, -0.05) is 0 Å². The van der Waals surface area contributed by atoms with E-state index in [9.17, 15) is 13.2 Å². The molecule has 1 aliphatic rings. The molecule has 2 rings (SSSR count). The fourth-order valence-electron chi connectivity index (χ4n) is 1.94. The summed E-state index contributed by atoms with van der Waals surface area (Å²) in [6.07, 6.45) is 1.23. The molecule has 112 valence electrons. The lowest BCUT2D eigenvalue weighted by atomic mass is 10.3. The molecule has 0 saturated carbocycles. The molecule has 1 aliphatic heterocycles. The first-order valence-electron chi connectivity index (χ1n) is 6.30. The van der Waals surface area contributed by atoms with Gasteiger partial charge in [-0.25, -0.2) is 13.4 Å². The van der Waals surface area contributed by atoms with Crippen LogP contribution in [0.4, 0.5) is 0 Å². The van der Waals surface area contributed by atoms with Crippen molar-refractivity contribution in [3.63, 3.8) is 0 Å². The number of H-pyrrole nitrogens is 1. The highest BCUT2D eigenvalue weighted by Gasteiger charge is 2.27. The summed E-state index contributed by atoms with van der Waals surface area (Å²) in [6, 6.07) is -0.832. The molecule has 1 aromatic rings. The minimum absolute atomic E-state index is 0.0448. The van der Waals surface area contributed by atoms with E-state index >= 15 is 0 Å². The summed E-state index contributed by atoms with van der Waals surface area (Å²) in [7, 11) is -3.77. The monoisotopic (exact) mass is 302 g/mol. The van der Waals surface area contributed by atoms with Gasteiger partial charge in [-0.05, 0) is 13.8 Å². The normalized spacial score (nSPS) is 18.0. The number of sulfonamides is 1. The highest BCUT2D eigenvalue weighted by atomic mass is 32.2. The summed E-state index contributed by atoms with van der Waals surface area (Å²) >= 11 is 0. The third-order valence-corrected chi connectivity index (χ3v) is 4.44.